The molecule has 3 aromatic carbocycles. The summed E-state index contributed by atoms with van der Waals surface area (Å²) in [5, 5.41) is 11.4. The first-order chi connectivity index (χ1) is 16.7. The SMILES string of the molecule is CC(C)N(C(=O)CN(C)C)c1ccc(N=C(c2ccccc2)c2c(O)[nH]c3cc(F)ccc23)cc1. The Balaban J connectivity index is 1.78. The summed E-state index contributed by atoms with van der Waals surface area (Å²) in [7, 11) is 3.74. The van der Waals surface area contributed by atoms with Crippen molar-refractivity contribution < 1.29 is 14.3 Å². The number of likely N-dealkylation sites (N-methyl/N-ethyl adjacent to an activating group) is 1. The van der Waals surface area contributed by atoms with Crippen LogP contribution in [0.4, 0.5) is 15.8 Å². The molecule has 180 valence electrons. The second-order valence-electron chi connectivity index (χ2n) is 8.98. The highest BCUT2D eigenvalue weighted by Crippen LogP contribution is 2.32. The van der Waals surface area contributed by atoms with Crippen LogP contribution in [0.15, 0.2) is 77.8 Å². The van der Waals surface area contributed by atoms with Gasteiger partial charge in [0.25, 0.3) is 0 Å². The van der Waals surface area contributed by atoms with Crippen LogP contribution in [0.1, 0.15) is 25.0 Å². The average molecular weight is 473 g/mol. The Labute approximate surface area is 204 Å². The molecule has 0 aliphatic rings. The first kappa shape index (κ1) is 24.2. The van der Waals surface area contributed by atoms with Gasteiger partial charge in [0, 0.05) is 22.7 Å². The monoisotopic (exact) mass is 472 g/mol. The molecule has 1 amide bonds. The topological polar surface area (TPSA) is 71.9 Å². The molecule has 4 aromatic rings. The van der Waals surface area contributed by atoms with Crippen LogP contribution in [-0.2, 0) is 4.79 Å². The minimum absolute atomic E-state index is 0.000226. The summed E-state index contributed by atoms with van der Waals surface area (Å²) in [6.45, 7) is 4.28. The first-order valence-corrected chi connectivity index (χ1v) is 11.5. The number of H-pyrrole nitrogens is 1. The van der Waals surface area contributed by atoms with Crippen molar-refractivity contribution >= 4 is 33.9 Å². The Morgan fingerprint density at radius 1 is 1.03 bits per heavy atom. The van der Waals surface area contributed by atoms with Crippen LogP contribution < -0.4 is 4.90 Å². The zero-order chi connectivity index (χ0) is 25.1. The number of anilines is 1. The van der Waals surface area contributed by atoms with E-state index in [4.69, 9.17) is 4.99 Å². The number of nitrogens with one attached hydrogen (secondary N) is 1. The number of benzene rings is 3. The molecule has 2 N–H and O–H groups in total. The van der Waals surface area contributed by atoms with Crippen LogP contribution >= 0.6 is 0 Å². The lowest BCUT2D eigenvalue weighted by molar-refractivity contribution is -0.119. The molecule has 0 bridgehead atoms. The van der Waals surface area contributed by atoms with Crippen LogP contribution in [0, 0.1) is 5.82 Å². The summed E-state index contributed by atoms with van der Waals surface area (Å²) in [5.41, 5.74) is 3.80. The molecule has 0 spiro atoms. The van der Waals surface area contributed by atoms with Gasteiger partial charge in [0.2, 0.25) is 5.91 Å². The number of hydrogen-bond donors (Lipinski definition) is 2. The summed E-state index contributed by atoms with van der Waals surface area (Å²) in [6.07, 6.45) is 0. The third-order valence-corrected chi connectivity index (χ3v) is 5.63. The van der Waals surface area contributed by atoms with E-state index in [0.29, 0.717) is 34.4 Å². The highest BCUT2D eigenvalue weighted by atomic mass is 19.1. The first-order valence-electron chi connectivity index (χ1n) is 11.5. The lowest BCUT2D eigenvalue weighted by atomic mass is 10.0. The molecule has 4 rings (SSSR count). The van der Waals surface area contributed by atoms with Crippen molar-refractivity contribution in [1.29, 1.82) is 0 Å². The van der Waals surface area contributed by atoms with E-state index in [-0.39, 0.29) is 17.8 Å². The lowest BCUT2D eigenvalue weighted by Crippen LogP contribution is -2.42. The molecule has 7 heteroatoms. The van der Waals surface area contributed by atoms with E-state index in [1.807, 2.05) is 87.4 Å². The van der Waals surface area contributed by atoms with E-state index in [0.717, 1.165) is 11.3 Å². The van der Waals surface area contributed by atoms with Crippen LogP contribution in [0.5, 0.6) is 5.88 Å². The maximum absolute atomic E-state index is 13.8. The Kier molecular flexibility index (Phi) is 6.98. The van der Waals surface area contributed by atoms with E-state index in [2.05, 4.69) is 4.98 Å². The molecule has 0 unspecified atom stereocenters. The van der Waals surface area contributed by atoms with Crippen molar-refractivity contribution in [3.05, 3.63) is 89.7 Å². The second-order valence-corrected chi connectivity index (χ2v) is 8.98. The van der Waals surface area contributed by atoms with Crippen molar-refractivity contribution in [2.45, 2.75) is 19.9 Å². The number of aromatic hydroxyl groups is 1. The van der Waals surface area contributed by atoms with Gasteiger partial charge in [-0.2, -0.15) is 0 Å². The van der Waals surface area contributed by atoms with Crippen LogP contribution in [-0.4, -0.2) is 53.3 Å². The Morgan fingerprint density at radius 3 is 2.34 bits per heavy atom. The number of halogens is 1. The molecule has 0 fully saturated rings. The van der Waals surface area contributed by atoms with E-state index < -0.39 is 5.82 Å². The molecule has 0 aliphatic heterocycles. The Bertz CT molecular complexity index is 1360. The van der Waals surface area contributed by atoms with E-state index in [9.17, 15) is 14.3 Å². The third kappa shape index (κ3) is 5.25. The Morgan fingerprint density at radius 2 is 1.71 bits per heavy atom. The van der Waals surface area contributed by atoms with E-state index in [1.54, 1.807) is 11.0 Å². The fraction of sp³-hybridized carbons (Fsp3) is 0.214. The number of carbonyl (C=O) groups is 1. The molecule has 6 nitrogen and oxygen atoms in total. The molecule has 0 saturated carbocycles. The zero-order valence-corrected chi connectivity index (χ0v) is 20.3. The molecule has 0 aliphatic carbocycles. The van der Waals surface area contributed by atoms with E-state index in [1.165, 1.54) is 12.1 Å². The minimum atomic E-state index is -0.391. The van der Waals surface area contributed by atoms with Gasteiger partial charge in [-0.25, -0.2) is 9.38 Å². The number of carbonyl (C=O) groups excluding carboxylic acids is 1. The quantitative estimate of drug-likeness (QED) is 0.350. The van der Waals surface area contributed by atoms with Gasteiger partial charge in [0.1, 0.15) is 5.82 Å². The van der Waals surface area contributed by atoms with Crippen LogP contribution in [0.25, 0.3) is 10.9 Å². The van der Waals surface area contributed by atoms with Crippen LogP contribution in [0.3, 0.4) is 0 Å². The maximum atomic E-state index is 13.8. The van der Waals surface area contributed by atoms with Gasteiger partial charge in [-0.15, -0.1) is 0 Å². The number of hydrogen-bond acceptors (Lipinski definition) is 4. The predicted octanol–water partition coefficient (Wildman–Crippen LogP) is 5.48. The molecule has 0 saturated heterocycles. The number of amides is 1. The van der Waals surface area contributed by atoms with Crippen molar-refractivity contribution in [1.82, 2.24) is 9.88 Å². The number of aromatic nitrogens is 1. The van der Waals surface area contributed by atoms with Crippen molar-refractivity contribution in [3.8, 4) is 5.88 Å². The standard InChI is InChI=1S/C28H29FN4O2/c1-18(2)33(25(34)17-32(3)4)22-13-11-21(12-14-22)30-27(19-8-6-5-7-9-19)26-23-15-10-20(29)16-24(23)31-28(26)35/h5-16,18,31,35H,17H2,1-4H3. The number of rotatable bonds is 7. The predicted molar refractivity (Wildman–Crippen MR) is 139 cm³/mol. The normalized spacial score (nSPS) is 12.0. The van der Waals surface area contributed by atoms with Gasteiger partial charge in [0.05, 0.1) is 29.0 Å². The highest BCUT2D eigenvalue weighted by molar-refractivity contribution is 6.21. The highest BCUT2D eigenvalue weighted by Gasteiger charge is 2.21. The smallest absolute Gasteiger partial charge is 0.241 e. The molecule has 35 heavy (non-hydrogen) atoms. The van der Waals surface area contributed by atoms with Gasteiger partial charge < -0.3 is 19.9 Å². The largest absolute Gasteiger partial charge is 0.494 e. The fourth-order valence-electron chi connectivity index (χ4n) is 4.15. The average Bonchev–Trinajstić information content (AvgIpc) is 3.13. The summed E-state index contributed by atoms with van der Waals surface area (Å²) in [6, 6.07) is 21.3. The van der Waals surface area contributed by atoms with Crippen molar-refractivity contribution in [2.24, 2.45) is 4.99 Å². The van der Waals surface area contributed by atoms with Crippen molar-refractivity contribution in [2.75, 3.05) is 25.5 Å². The van der Waals surface area contributed by atoms with Crippen molar-refractivity contribution in [3.63, 3.8) is 0 Å². The lowest BCUT2D eigenvalue weighted by Gasteiger charge is -2.28. The molecular formula is C28H29FN4O2. The number of nitrogens with zero attached hydrogens (tertiary/aromatic N) is 3. The van der Waals surface area contributed by atoms with Gasteiger partial charge in [-0.05, 0) is 70.4 Å². The van der Waals surface area contributed by atoms with Gasteiger partial charge in [0.15, 0.2) is 5.88 Å². The van der Waals surface area contributed by atoms with Gasteiger partial charge >= 0.3 is 0 Å². The number of aromatic amines is 1. The van der Waals surface area contributed by atoms with Crippen LogP contribution in [0.2, 0.25) is 0 Å². The molecule has 0 atom stereocenters. The maximum Gasteiger partial charge on any atom is 0.241 e. The Hall–Kier alpha value is -3.97. The summed E-state index contributed by atoms with van der Waals surface area (Å²) in [5.74, 6) is -0.454. The number of aliphatic imine (C=N–C) groups is 1. The van der Waals surface area contributed by atoms with Gasteiger partial charge in [-0.1, -0.05) is 30.3 Å². The minimum Gasteiger partial charge on any atom is -0.494 e. The molecule has 1 heterocycles. The molecule has 1 aromatic heterocycles. The second kappa shape index (κ2) is 10.1. The summed E-state index contributed by atoms with van der Waals surface area (Å²) >= 11 is 0. The van der Waals surface area contributed by atoms with E-state index >= 15 is 0 Å². The molecular weight excluding hydrogens is 443 g/mol. The van der Waals surface area contributed by atoms with Gasteiger partial charge in [-0.3, -0.25) is 4.79 Å². The third-order valence-electron chi connectivity index (χ3n) is 5.63. The fourth-order valence-corrected chi connectivity index (χ4v) is 4.15. The zero-order valence-electron chi connectivity index (χ0n) is 20.3. The number of fused-ring (bicyclic) bond motifs is 1. The summed E-state index contributed by atoms with van der Waals surface area (Å²) in [4.78, 5) is 24.1. The summed E-state index contributed by atoms with van der Waals surface area (Å²) < 4.78 is 13.8. The molecule has 0 radical (unpaired) electrons.